The second kappa shape index (κ2) is 5.51. The molecule has 0 aromatic rings. The van der Waals surface area contributed by atoms with Gasteiger partial charge in [-0.2, -0.15) is 0 Å². The number of piperidine rings is 1. The quantitative estimate of drug-likeness (QED) is 0.702. The van der Waals surface area contributed by atoms with Gasteiger partial charge in [0.15, 0.2) is 0 Å². The molecule has 0 amide bonds. The fourth-order valence-corrected chi connectivity index (χ4v) is 3.66. The molecule has 0 radical (unpaired) electrons. The van der Waals surface area contributed by atoms with Crippen molar-refractivity contribution in [2.75, 3.05) is 13.1 Å². The van der Waals surface area contributed by atoms with Gasteiger partial charge in [-0.05, 0) is 45.1 Å². The van der Waals surface area contributed by atoms with Gasteiger partial charge in [-0.15, -0.1) is 0 Å². The molecule has 2 nitrogen and oxygen atoms in total. The second-order valence-corrected chi connectivity index (χ2v) is 6.49. The highest BCUT2D eigenvalue weighted by Crippen LogP contribution is 2.37. The molecule has 2 atom stereocenters. The van der Waals surface area contributed by atoms with Gasteiger partial charge >= 0.3 is 0 Å². The molecule has 1 saturated heterocycles. The van der Waals surface area contributed by atoms with Crippen LogP contribution in [0.4, 0.5) is 0 Å². The molecule has 1 aliphatic carbocycles. The minimum atomic E-state index is -0.00686. The minimum Gasteiger partial charge on any atom is -0.303 e. The molecule has 1 saturated carbocycles. The molecular weight excluding hydrogens is 210 g/mol. The number of carbonyl (C=O) groups is 1. The molecule has 1 aliphatic heterocycles. The van der Waals surface area contributed by atoms with Gasteiger partial charge < -0.3 is 4.79 Å². The van der Waals surface area contributed by atoms with Crippen molar-refractivity contribution in [3.63, 3.8) is 0 Å². The first-order valence-corrected chi connectivity index (χ1v) is 7.36. The van der Waals surface area contributed by atoms with E-state index in [-0.39, 0.29) is 5.41 Å². The van der Waals surface area contributed by atoms with Crippen LogP contribution in [0.5, 0.6) is 0 Å². The SMILES string of the molecule is CC1CCN(CC2(C=O)CCCCC2)C(C)C1. The average Bonchev–Trinajstić information content (AvgIpc) is 2.34. The topological polar surface area (TPSA) is 20.3 Å². The molecule has 0 bridgehead atoms. The molecule has 98 valence electrons. The van der Waals surface area contributed by atoms with Gasteiger partial charge in [-0.25, -0.2) is 0 Å². The van der Waals surface area contributed by atoms with Crippen LogP contribution < -0.4 is 0 Å². The first-order chi connectivity index (χ1) is 8.15. The van der Waals surface area contributed by atoms with Crippen LogP contribution in [-0.4, -0.2) is 30.3 Å². The number of hydrogen-bond acceptors (Lipinski definition) is 2. The van der Waals surface area contributed by atoms with Gasteiger partial charge in [0.2, 0.25) is 0 Å². The smallest absolute Gasteiger partial charge is 0.127 e. The molecular formula is C15H27NO. The van der Waals surface area contributed by atoms with Crippen LogP contribution >= 0.6 is 0 Å². The number of rotatable bonds is 3. The van der Waals surface area contributed by atoms with Gasteiger partial charge in [0.25, 0.3) is 0 Å². The maximum absolute atomic E-state index is 11.5. The summed E-state index contributed by atoms with van der Waals surface area (Å²) in [6.45, 7) is 6.89. The van der Waals surface area contributed by atoms with Crippen LogP contribution in [-0.2, 0) is 4.79 Å². The standard InChI is InChI=1S/C15H27NO/c1-13-6-9-16(14(2)10-13)11-15(12-17)7-4-3-5-8-15/h12-14H,3-11H2,1-2H3. The highest BCUT2D eigenvalue weighted by atomic mass is 16.1. The molecule has 2 rings (SSSR count). The first kappa shape index (κ1) is 13.1. The summed E-state index contributed by atoms with van der Waals surface area (Å²) in [7, 11) is 0. The molecule has 2 heteroatoms. The maximum atomic E-state index is 11.5. The van der Waals surface area contributed by atoms with Crippen LogP contribution in [0.1, 0.15) is 58.8 Å². The van der Waals surface area contributed by atoms with Gasteiger partial charge in [0.05, 0.1) is 0 Å². The van der Waals surface area contributed by atoms with Gasteiger partial charge in [0, 0.05) is 18.0 Å². The zero-order valence-electron chi connectivity index (χ0n) is 11.5. The Morgan fingerprint density at radius 3 is 2.53 bits per heavy atom. The van der Waals surface area contributed by atoms with Crippen LogP contribution in [0.25, 0.3) is 0 Å². The Morgan fingerprint density at radius 2 is 1.94 bits per heavy atom. The molecule has 2 aliphatic rings. The highest BCUT2D eigenvalue weighted by Gasteiger charge is 2.36. The molecule has 2 fully saturated rings. The second-order valence-electron chi connectivity index (χ2n) is 6.49. The molecule has 0 N–H and O–H groups in total. The van der Waals surface area contributed by atoms with Crippen molar-refractivity contribution >= 4 is 6.29 Å². The van der Waals surface area contributed by atoms with Crippen molar-refractivity contribution in [1.29, 1.82) is 0 Å². The van der Waals surface area contributed by atoms with E-state index < -0.39 is 0 Å². The summed E-state index contributed by atoms with van der Waals surface area (Å²) in [4.78, 5) is 14.1. The number of likely N-dealkylation sites (tertiary alicyclic amines) is 1. The lowest BCUT2D eigenvalue weighted by atomic mass is 9.74. The summed E-state index contributed by atoms with van der Waals surface area (Å²) in [6, 6.07) is 0.664. The van der Waals surface area contributed by atoms with Crippen LogP contribution in [0.2, 0.25) is 0 Å². The van der Waals surface area contributed by atoms with E-state index in [1.165, 1.54) is 44.9 Å². The third-order valence-electron chi connectivity index (χ3n) is 4.89. The first-order valence-electron chi connectivity index (χ1n) is 7.36. The van der Waals surface area contributed by atoms with E-state index >= 15 is 0 Å². The summed E-state index contributed by atoms with van der Waals surface area (Å²) in [5.41, 5.74) is -0.00686. The third kappa shape index (κ3) is 3.09. The fraction of sp³-hybridized carbons (Fsp3) is 0.933. The van der Waals surface area contributed by atoms with E-state index in [2.05, 4.69) is 18.7 Å². The third-order valence-corrected chi connectivity index (χ3v) is 4.89. The van der Waals surface area contributed by atoms with E-state index in [0.29, 0.717) is 6.04 Å². The van der Waals surface area contributed by atoms with Crippen LogP contribution in [0.15, 0.2) is 0 Å². The number of nitrogens with zero attached hydrogens (tertiary/aromatic N) is 1. The molecule has 1 heterocycles. The van der Waals surface area contributed by atoms with Crippen LogP contribution in [0.3, 0.4) is 0 Å². The largest absolute Gasteiger partial charge is 0.303 e. The zero-order chi connectivity index (χ0) is 12.3. The Morgan fingerprint density at radius 1 is 1.24 bits per heavy atom. The van der Waals surface area contributed by atoms with E-state index in [1.807, 2.05) is 0 Å². The summed E-state index contributed by atoms with van der Waals surface area (Å²) < 4.78 is 0. The Bertz CT molecular complexity index is 258. The van der Waals surface area contributed by atoms with Gasteiger partial charge in [0.1, 0.15) is 6.29 Å². The van der Waals surface area contributed by atoms with Gasteiger partial charge in [-0.3, -0.25) is 4.90 Å². The normalized spacial score (nSPS) is 34.5. The summed E-state index contributed by atoms with van der Waals surface area (Å²) in [5.74, 6) is 0.861. The predicted octanol–water partition coefficient (Wildman–Crippen LogP) is 3.26. The number of carbonyl (C=O) groups excluding carboxylic acids is 1. The Hall–Kier alpha value is -0.370. The van der Waals surface area contributed by atoms with E-state index in [1.54, 1.807) is 0 Å². The highest BCUT2D eigenvalue weighted by molar-refractivity contribution is 5.60. The lowest BCUT2D eigenvalue weighted by molar-refractivity contribution is -0.119. The van der Waals surface area contributed by atoms with Crippen molar-refractivity contribution in [2.24, 2.45) is 11.3 Å². The molecule has 2 unspecified atom stereocenters. The van der Waals surface area contributed by atoms with Crippen molar-refractivity contribution in [3.8, 4) is 0 Å². The Kier molecular flexibility index (Phi) is 4.24. The lowest BCUT2D eigenvalue weighted by Crippen LogP contribution is -2.47. The van der Waals surface area contributed by atoms with E-state index in [0.717, 1.165) is 25.3 Å². The fourth-order valence-electron chi connectivity index (χ4n) is 3.66. The Labute approximate surface area is 106 Å². The molecule has 0 spiro atoms. The van der Waals surface area contributed by atoms with Gasteiger partial charge in [-0.1, -0.05) is 26.2 Å². The van der Waals surface area contributed by atoms with E-state index in [9.17, 15) is 4.79 Å². The average molecular weight is 237 g/mol. The predicted molar refractivity (Wildman–Crippen MR) is 71.0 cm³/mol. The van der Waals surface area contributed by atoms with Crippen molar-refractivity contribution in [2.45, 2.75) is 64.8 Å². The zero-order valence-corrected chi connectivity index (χ0v) is 11.5. The minimum absolute atomic E-state index is 0.00686. The summed E-state index contributed by atoms with van der Waals surface area (Å²) in [6.07, 6.45) is 9.94. The van der Waals surface area contributed by atoms with Crippen molar-refractivity contribution in [3.05, 3.63) is 0 Å². The van der Waals surface area contributed by atoms with E-state index in [4.69, 9.17) is 0 Å². The number of aldehydes is 1. The van der Waals surface area contributed by atoms with Crippen molar-refractivity contribution in [1.82, 2.24) is 4.90 Å². The monoisotopic (exact) mass is 237 g/mol. The Balaban J connectivity index is 1.96. The molecule has 0 aromatic carbocycles. The number of hydrogen-bond donors (Lipinski definition) is 0. The summed E-state index contributed by atoms with van der Waals surface area (Å²) >= 11 is 0. The summed E-state index contributed by atoms with van der Waals surface area (Å²) in [5, 5.41) is 0. The maximum Gasteiger partial charge on any atom is 0.127 e. The molecule has 0 aromatic heterocycles. The van der Waals surface area contributed by atoms with Crippen LogP contribution in [0, 0.1) is 11.3 Å². The lowest BCUT2D eigenvalue weighted by Gasteiger charge is -2.43. The van der Waals surface area contributed by atoms with Crippen molar-refractivity contribution < 1.29 is 4.79 Å². The molecule has 17 heavy (non-hydrogen) atoms.